The van der Waals surface area contributed by atoms with Gasteiger partial charge in [0.1, 0.15) is 0 Å². The first-order valence-corrected chi connectivity index (χ1v) is 7.84. The van der Waals surface area contributed by atoms with E-state index >= 15 is 0 Å². The Morgan fingerprint density at radius 1 is 1.41 bits per heavy atom. The summed E-state index contributed by atoms with van der Waals surface area (Å²) in [6.45, 7) is 1.94. The number of carbonyl (C=O) groups excluding carboxylic acids is 1. The zero-order valence-electron chi connectivity index (χ0n) is 12.1. The Labute approximate surface area is 128 Å². The Bertz CT molecular complexity index is 713. The lowest BCUT2D eigenvalue weighted by molar-refractivity contribution is -0.118. The molecule has 2 rings (SSSR count). The maximum atomic E-state index is 10.9. The molecule has 0 bridgehead atoms. The van der Waals surface area contributed by atoms with Gasteiger partial charge in [-0.1, -0.05) is 0 Å². The molecule has 2 N–H and O–H groups in total. The molecule has 0 saturated carbocycles. The maximum absolute atomic E-state index is 10.9. The summed E-state index contributed by atoms with van der Waals surface area (Å²) in [5.41, 5.74) is 1.37. The van der Waals surface area contributed by atoms with Crippen LogP contribution in [0.1, 0.15) is 24.8 Å². The summed E-state index contributed by atoms with van der Waals surface area (Å²) in [5, 5.41) is 2.71. The predicted octanol–water partition coefficient (Wildman–Crippen LogP) is 1.20. The van der Waals surface area contributed by atoms with Gasteiger partial charge in [-0.25, -0.2) is 0 Å². The molecule has 0 saturated heterocycles. The number of ether oxygens (including phenoxy) is 1. The van der Waals surface area contributed by atoms with Crippen molar-refractivity contribution < 1.29 is 26.7 Å². The quantitative estimate of drug-likeness (QED) is 0.758. The van der Waals surface area contributed by atoms with Gasteiger partial charge in [-0.3, -0.25) is 14.3 Å². The van der Waals surface area contributed by atoms with E-state index in [-0.39, 0.29) is 23.3 Å². The molecule has 22 heavy (non-hydrogen) atoms. The van der Waals surface area contributed by atoms with Crippen molar-refractivity contribution in [3.8, 4) is 11.5 Å². The minimum absolute atomic E-state index is 0.0180. The first-order chi connectivity index (χ1) is 10.3. The minimum atomic E-state index is -4.64. The highest BCUT2D eigenvalue weighted by Crippen LogP contribution is 2.42. The topological polar surface area (TPSA) is 114 Å². The van der Waals surface area contributed by atoms with Gasteiger partial charge in [-0.2, -0.15) is 8.42 Å². The lowest BCUT2D eigenvalue weighted by Gasteiger charge is -2.13. The lowest BCUT2D eigenvalue weighted by Crippen LogP contribution is -2.22. The third-order valence-electron chi connectivity index (χ3n) is 3.13. The highest BCUT2D eigenvalue weighted by atomic mass is 32.3. The van der Waals surface area contributed by atoms with Gasteiger partial charge >= 0.3 is 10.4 Å². The van der Waals surface area contributed by atoms with Gasteiger partial charge in [-0.15, -0.1) is 0 Å². The minimum Gasteiger partial charge on any atom is -0.493 e. The van der Waals surface area contributed by atoms with Crippen LogP contribution in [-0.2, 0) is 15.2 Å². The number of nitrogens with one attached hydrogen (secondary N) is 1. The highest BCUT2D eigenvalue weighted by Gasteiger charge is 2.23. The number of hydrogen-bond acceptors (Lipinski definition) is 6. The van der Waals surface area contributed by atoms with Crippen molar-refractivity contribution in [1.82, 2.24) is 5.32 Å². The zero-order valence-corrected chi connectivity index (χ0v) is 12.9. The molecule has 0 aromatic heterocycles. The molecule has 1 aliphatic rings. The van der Waals surface area contributed by atoms with Gasteiger partial charge in [0.2, 0.25) is 5.91 Å². The fourth-order valence-corrected chi connectivity index (χ4v) is 2.55. The normalized spacial score (nSPS) is 16.2. The molecule has 1 unspecified atom stereocenters. The third-order valence-corrected chi connectivity index (χ3v) is 3.52. The summed E-state index contributed by atoms with van der Waals surface area (Å²) in [4.78, 5) is 15.1. The monoisotopic (exact) mass is 328 g/mol. The number of methoxy groups -OCH3 is 1. The molecule has 120 valence electrons. The molecular weight excluding hydrogens is 312 g/mol. The van der Waals surface area contributed by atoms with Crippen LogP contribution in [0.2, 0.25) is 0 Å². The Balaban J connectivity index is 2.23. The van der Waals surface area contributed by atoms with E-state index in [0.717, 1.165) is 5.56 Å². The van der Waals surface area contributed by atoms with E-state index in [1.807, 2.05) is 0 Å². The van der Waals surface area contributed by atoms with E-state index in [1.54, 1.807) is 12.3 Å². The van der Waals surface area contributed by atoms with E-state index in [2.05, 4.69) is 14.5 Å². The Hall–Kier alpha value is -2.13. The number of nitrogens with zero attached hydrogens (tertiary/aromatic N) is 1. The van der Waals surface area contributed by atoms with Gasteiger partial charge in [0.15, 0.2) is 11.5 Å². The molecule has 0 radical (unpaired) electrons. The van der Waals surface area contributed by atoms with E-state index in [4.69, 9.17) is 9.29 Å². The molecule has 0 spiro atoms. The van der Waals surface area contributed by atoms with Gasteiger partial charge in [0.05, 0.1) is 12.8 Å². The summed E-state index contributed by atoms with van der Waals surface area (Å²) >= 11 is 0. The summed E-state index contributed by atoms with van der Waals surface area (Å²) in [7, 11) is -3.28. The van der Waals surface area contributed by atoms with Crippen LogP contribution in [0.25, 0.3) is 0 Å². The van der Waals surface area contributed by atoms with Crippen LogP contribution < -0.4 is 14.2 Å². The van der Waals surface area contributed by atoms with Crippen LogP contribution >= 0.6 is 0 Å². The van der Waals surface area contributed by atoms with Crippen molar-refractivity contribution in [2.24, 2.45) is 4.99 Å². The number of fused-ring (bicyclic) bond motifs is 1. The zero-order chi connectivity index (χ0) is 16.3. The summed E-state index contributed by atoms with van der Waals surface area (Å²) in [6, 6.07) is 3.00. The highest BCUT2D eigenvalue weighted by molar-refractivity contribution is 7.81. The number of carbonyl (C=O) groups is 1. The standard InChI is InChI=1S/C13H16N2O6S/c1-8(16)14-4-3-9-7-15-11-6-13(21-22(17,18)19)12(20-2)5-10(9)11/h5-7,9H,3-4H2,1-2H3,(H,14,16)(H,17,18,19). The number of rotatable bonds is 6. The summed E-state index contributed by atoms with van der Waals surface area (Å²) < 4.78 is 40.0. The van der Waals surface area contributed by atoms with Crippen molar-refractivity contribution in [3.05, 3.63) is 17.7 Å². The SMILES string of the molecule is COc1cc2c(cc1OS(=O)(=O)O)N=CC2CCNC(C)=O. The van der Waals surface area contributed by atoms with E-state index in [0.29, 0.717) is 18.7 Å². The van der Waals surface area contributed by atoms with Crippen LogP contribution in [0.15, 0.2) is 17.1 Å². The molecule has 0 fully saturated rings. The lowest BCUT2D eigenvalue weighted by atomic mass is 9.97. The molecule has 1 heterocycles. The Morgan fingerprint density at radius 2 is 2.14 bits per heavy atom. The second kappa shape index (κ2) is 6.32. The fraction of sp³-hybridized carbons (Fsp3) is 0.385. The fourth-order valence-electron chi connectivity index (χ4n) is 2.20. The molecule has 1 aromatic rings. The van der Waals surface area contributed by atoms with E-state index < -0.39 is 10.4 Å². The average molecular weight is 328 g/mol. The molecule has 1 aliphatic heterocycles. The van der Waals surface area contributed by atoms with Gasteiger partial charge < -0.3 is 14.2 Å². The molecular formula is C13H16N2O6S. The van der Waals surface area contributed by atoms with Crippen molar-refractivity contribution in [2.45, 2.75) is 19.3 Å². The number of benzene rings is 1. The second-order valence-corrected chi connectivity index (χ2v) is 5.75. The smallest absolute Gasteiger partial charge is 0.446 e. The van der Waals surface area contributed by atoms with Gasteiger partial charge in [0.25, 0.3) is 0 Å². The van der Waals surface area contributed by atoms with E-state index in [1.165, 1.54) is 20.1 Å². The molecule has 1 atom stereocenters. The van der Waals surface area contributed by atoms with Crippen LogP contribution in [0.5, 0.6) is 11.5 Å². The number of hydrogen-bond donors (Lipinski definition) is 2. The third kappa shape index (κ3) is 3.95. The van der Waals surface area contributed by atoms with Crippen LogP contribution in [-0.4, -0.2) is 38.7 Å². The first kappa shape index (κ1) is 16.2. The van der Waals surface area contributed by atoms with E-state index in [9.17, 15) is 13.2 Å². The van der Waals surface area contributed by atoms with Gasteiger partial charge in [0, 0.05) is 31.7 Å². The molecule has 1 aromatic carbocycles. The first-order valence-electron chi connectivity index (χ1n) is 6.47. The summed E-state index contributed by atoms with van der Waals surface area (Å²) in [5.74, 6) is -0.0880. The van der Waals surface area contributed by atoms with Crippen molar-refractivity contribution >= 4 is 28.2 Å². The molecule has 8 nitrogen and oxygen atoms in total. The van der Waals surface area contributed by atoms with Crippen LogP contribution in [0, 0.1) is 0 Å². The largest absolute Gasteiger partial charge is 0.493 e. The Morgan fingerprint density at radius 3 is 2.73 bits per heavy atom. The van der Waals surface area contributed by atoms with Crippen molar-refractivity contribution in [2.75, 3.05) is 13.7 Å². The van der Waals surface area contributed by atoms with Crippen molar-refractivity contribution in [3.63, 3.8) is 0 Å². The van der Waals surface area contributed by atoms with Crippen molar-refractivity contribution in [1.29, 1.82) is 0 Å². The molecule has 9 heteroatoms. The van der Waals surface area contributed by atoms with Crippen LogP contribution in [0.3, 0.4) is 0 Å². The number of amides is 1. The maximum Gasteiger partial charge on any atom is 0.446 e. The van der Waals surface area contributed by atoms with Gasteiger partial charge in [-0.05, 0) is 18.1 Å². The molecule has 1 amide bonds. The second-order valence-electron chi connectivity index (χ2n) is 4.73. The number of aliphatic imine (C=N–C) groups is 1. The van der Waals surface area contributed by atoms with Crippen LogP contribution in [0.4, 0.5) is 5.69 Å². The average Bonchev–Trinajstić information content (AvgIpc) is 2.78. The predicted molar refractivity (Wildman–Crippen MR) is 79.4 cm³/mol. The summed E-state index contributed by atoms with van der Waals surface area (Å²) in [6.07, 6.45) is 2.36. The Kier molecular flexibility index (Phi) is 4.67. The molecule has 0 aliphatic carbocycles.